The minimum atomic E-state index is -4.05. The van der Waals surface area contributed by atoms with Crippen molar-refractivity contribution in [3.63, 3.8) is 0 Å². The lowest BCUT2D eigenvalue weighted by Crippen LogP contribution is -2.18. The second-order valence-electron chi connectivity index (χ2n) is 4.58. The van der Waals surface area contributed by atoms with Crippen molar-refractivity contribution in [3.05, 3.63) is 29.8 Å². The first kappa shape index (κ1) is 13.2. The van der Waals surface area contributed by atoms with Gasteiger partial charge >= 0.3 is 7.82 Å². The maximum atomic E-state index is 11.6. The van der Waals surface area contributed by atoms with Crippen LogP contribution in [0.5, 0.6) is 5.75 Å². The molecule has 0 aliphatic heterocycles. The summed E-state index contributed by atoms with van der Waals surface area (Å²) in [6.07, 6.45) is 0. The summed E-state index contributed by atoms with van der Waals surface area (Å²) in [4.78, 5) is 9.48. The highest BCUT2D eigenvalue weighted by molar-refractivity contribution is 7.47. The van der Waals surface area contributed by atoms with E-state index in [0.29, 0.717) is 5.75 Å². The van der Waals surface area contributed by atoms with Crippen LogP contribution >= 0.6 is 7.82 Å². The lowest BCUT2D eigenvalue weighted by molar-refractivity contribution is 0.0847. The van der Waals surface area contributed by atoms with E-state index in [2.05, 4.69) is 0 Å². The predicted octanol–water partition coefficient (Wildman–Crippen LogP) is 3.29. The van der Waals surface area contributed by atoms with Crippen molar-refractivity contribution in [3.8, 4) is 5.75 Å². The summed E-state index contributed by atoms with van der Waals surface area (Å²) in [5.41, 5.74) is 0.325. The van der Waals surface area contributed by atoms with Crippen LogP contribution in [0, 0.1) is 6.92 Å². The molecule has 0 radical (unpaired) electrons. The van der Waals surface area contributed by atoms with Crippen molar-refractivity contribution in [2.45, 2.75) is 33.3 Å². The molecule has 0 fully saturated rings. The minimum absolute atomic E-state index is 0.320. The summed E-state index contributed by atoms with van der Waals surface area (Å²) in [5.74, 6) is 0.320. The Balaban J connectivity index is 2.73. The van der Waals surface area contributed by atoms with Crippen LogP contribution in [-0.2, 0) is 9.09 Å². The number of rotatable bonds is 3. The lowest BCUT2D eigenvalue weighted by atomic mass is 10.2. The largest absolute Gasteiger partial charge is 0.527 e. The third-order valence-corrected chi connectivity index (χ3v) is 2.85. The summed E-state index contributed by atoms with van der Waals surface area (Å²) in [5, 5.41) is 0. The van der Waals surface area contributed by atoms with E-state index in [1.807, 2.05) is 6.92 Å². The van der Waals surface area contributed by atoms with E-state index in [9.17, 15) is 9.46 Å². The molecule has 1 N–H and O–H groups in total. The Hall–Kier alpha value is -0.830. The topological polar surface area (TPSA) is 55.8 Å². The molecular weight excluding hydrogens is 227 g/mol. The smallest absolute Gasteiger partial charge is 0.404 e. The van der Waals surface area contributed by atoms with Gasteiger partial charge in [-0.1, -0.05) is 17.7 Å². The fraction of sp³-hybridized carbons (Fsp3) is 0.455. The highest BCUT2D eigenvalue weighted by atomic mass is 31.2. The molecule has 4 nitrogen and oxygen atoms in total. The standard InChI is InChI=1S/C11H17O4P/c1-9-5-7-10(8-6-9)14-16(12,13)15-11(2,3)4/h5-8H,1-4H3,(H,12,13). The maximum absolute atomic E-state index is 11.6. The van der Waals surface area contributed by atoms with Crippen molar-refractivity contribution >= 4 is 7.82 Å². The van der Waals surface area contributed by atoms with Gasteiger partial charge < -0.3 is 4.52 Å². The molecule has 0 saturated carbocycles. The van der Waals surface area contributed by atoms with Crippen LogP contribution in [0.4, 0.5) is 0 Å². The lowest BCUT2D eigenvalue weighted by Gasteiger charge is -2.22. The maximum Gasteiger partial charge on any atom is 0.527 e. The van der Waals surface area contributed by atoms with Crippen LogP contribution in [0.1, 0.15) is 26.3 Å². The van der Waals surface area contributed by atoms with Crippen LogP contribution in [0.3, 0.4) is 0 Å². The van der Waals surface area contributed by atoms with Crippen LogP contribution in [-0.4, -0.2) is 10.5 Å². The van der Waals surface area contributed by atoms with Crippen LogP contribution < -0.4 is 4.52 Å². The third-order valence-electron chi connectivity index (χ3n) is 1.63. The monoisotopic (exact) mass is 244 g/mol. The van der Waals surface area contributed by atoms with Gasteiger partial charge in [-0.3, -0.25) is 9.42 Å². The van der Waals surface area contributed by atoms with E-state index in [1.54, 1.807) is 45.0 Å². The molecule has 0 bridgehead atoms. The molecule has 0 spiro atoms. The number of hydrogen-bond acceptors (Lipinski definition) is 3. The summed E-state index contributed by atoms with van der Waals surface area (Å²) in [7, 11) is -4.05. The minimum Gasteiger partial charge on any atom is -0.404 e. The first-order chi connectivity index (χ1) is 7.18. The van der Waals surface area contributed by atoms with Gasteiger partial charge in [0.05, 0.1) is 5.60 Å². The van der Waals surface area contributed by atoms with Gasteiger partial charge in [0.1, 0.15) is 5.75 Å². The molecule has 90 valence electrons. The molecule has 5 heteroatoms. The summed E-state index contributed by atoms with van der Waals surface area (Å²) in [6.45, 7) is 6.99. The van der Waals surface area contributed by atoms with Gasteiger partial charge in [0, 0.05) is 0 Å². The molecule has 0 aliphatic rings. The Morgan fingerprint density at radius 1 is 1.19 bits per heavy atom. The fourth-order valence-corrected chi connectivity index (χ4v) is 2.21. The van der Waals surface area contributed by atoms with Crippen LogP contribution in [0.2, 0.25) is 0 Å². The molecule has 1 rings (SSSR count). The molecule has 1 aromatic rings. The molecule has 1 aromatic carbocycles. The van der Waals surface area contributed by atoms with Gasteiger partial charge in [-0.2, -0.15) is 0 Å². The van der Waals surface area contributed by atoms with Crippen molar-refractivity contribution in [1.29, 1.82) is 0 Å². The van der Waals surface area contributed by atoms with E-state index in [-0.39, 0.29) is 0 Å². The molecular formula is C11H17O4P. The molecule has 0 saturated heterocycles. The predicted molar refractivity (Wildman–Crippen MR) is 62.5 cm³/mol. The quantitative estimate of drug-likeness (QED) is 0.829. The summed E-state index contributed by atoms with van der Waals surface area (Å²) in [6, 6.07) is 6.85. The Kier molecular flexibility index (Phi) is 3.79. The Morgan fingerprint density at radius 2 is 1.69 bits per heavy atom. The number of aryl methyl sites for hydroxylation is 1. The fourth-order valence-electron chi connectivity index (χ4n) is 1.10. The first-order valence-electron chi connectivity index (χ1n) is 4.98. The van der Waals surface area contributed by atoms with Gasteiger partial charge in [-0.25, -0.2) is 4.57 Å². The van der Waals surface area contributed by atoms with Crippen molar-refractivity contribution in [2.24, 2.45) is 0 Å². The second kappa shape index (κ2) is 4.58. The Labute approximate surface area is 95.8 Å². The van der Waals surface area contributed by atoms with Crippen LogP contribution in [0.25, 0.3) is 0 Å². The highest BCUT2D eigenvalue weighted by Gasteiger charge is 2.30. The molecule has 0 heterocycles. The van der Waals surface area contributed by atoms with E-state index < -0.39 is 13.4 Å². The summed E-state index contributed by atoms with van der Waals surface area (Å²) >= 11 is 0. The van der Waals surface area contributed by atoms with Gasteiger partial charge in [0.15, 0.2) is 0 Å². The number of hydrogen-bond donors (Lipinski definition) is 1. The SMILES string of the molecule is Cc1ccc(OP(=O)(O)OC(C)(C)C)cc1. The number of phosphoric ester groups is 1. The Bertz CT molecular complexity index is 391. The van der Waals surface area contributed by atoms with Gasteiger partial charge in [0.2, 0.25) is 0 Å². The van der Waals surface area contributed by atoms with Gasteiger partial charge in [-0.15, -0.1) is 0 Å². The van der Waals surface area contributed by atoms with E-state index in [0.717, 1.165) is 5.56 Å². The zero-order valence-electron chi connectivity index (χ0n) is 9.93. The Morgan fingerprint density at radius 3 is 2.12 bits per heavy atom. The first-order valence-corrected chi connectivity index (χ1v) is 6.47. The van der Waals surface area contributed by atoms with Crippen molar-refractivity contribution in [1.82, 2.24) is 0 Å². The molecule has 0 aromatic heterocycles. The van der Waals surface area contributed by atoms with Gasteiger partial charge in [0.25, 0.3) is 0 Å². The average molecular weight is 244 g/mol. The zero-order chi connectivity index (χ0) is 12.4. The molecule has 1 unspecified atom stereocenters. The van der Waals surface area contributed by atoms with Crippen molar-refractivity contribution in [2.75, 3.05) is 0 Å². The average Bonchev–Trinajstić information content (AvgIpc) is 2.04. The normalized spacial score (nSPS) is 15.6. The number of benzene rings is 1. The third kappa shape index (κ3) is 4.79. The molecule has 0 aliphatic carbocycles. The number of phosphoric acid groups is 1. The van der Waals surface area contributed by atoms with Crippen molar-refractivity contribution < 1.29 is 18.5 Å². The molecule has 16 heavy (non-hydrogen) atoms. The van der Waals surface area contributed by atoms with E-state index in [4.69, 9.17) is 9.05 Å². The zero-order valence-corrected chi connectivity index (χ0v) is 10.8. The van der Waals surface area contributed by atoms with Crippen LogP contribution in [0.15, 0.2) is 24.3 Å². The van der Waals surface area contributed by atoms with E-state index in [1.165, 1.54) is 0 Å². The molecule has 1 atom stereocenters. The summed E-state index contributed by atoms with van der Waals surface area (Å²) < 4.78 is 21.5. The second-order valence-corrected chi connectivity index (χ2v) is 5.88. The van der Waals surface area contributed by atoms with Gasteiger partial charge in [-0.05, 0) is 39.8 Å². The molecule has 0 amide bonds. The van der Waals surface area contributed by atoms with E-state index >= 15 is 0 Å². The highest BCUT2D eigenvalue weighted by Crippen LogP contribution is 2.47.